The molecule has 0 aliphatic carbocycles. The van der Waals surface area contributed by atoms with Crippen LogP contribution in [0.5, 0.6) is 0 Å². The van der Waals surface area contributed by atoms with Crippen LogP contribution in [0.1, 0.15) is 12.0 Å². The van der Waals surface area contributed by atoms with Crippen molar-refractivity contribution in [2.45, 2.75) is 17.3 Å². The van der Waals surface area contributed by atoms with E-state index in [2.05, 4.69) is 15.2 Å². The van der Waals surface area contributed by atoms with Crippen LogP contribution in [0.3, 0.4) is 0 Å². The molecule has 0 aliphatic rings. The van der Waals surface area contributed by atoms with Crippen molar-refractivity contribution in [3.05, 3.63) is 62.2 Å². The molecule has 0 saturated heterocycles. The number of hydrogen-bond acceptors (Lipinski definition) is 9. The number of rotatable bonds is 10. The van der Waals surface area contributed by atoms with E-state index in [1.807, 2.05) is 30.3 Å². The number of hydrogen-bond donors (Lipinski definition) is 2. The summed E-state index contributed by atoms with van der Waals surface area (Å²) in [4.78, 5) is 41.7. The van der Waals surface area contributed by atoms with Crippen LogP contribution >= 0.6 is 23.1 Å². The fourth-order valence-corrected chi connectivity index (χ4v) is 4.28. The van der Waals surface area contributed by atoms with E-state index in [-0.39, 0.29) is 36.3 Å². The van der Waals surface area contributed by atoms with Crippen LogP contribution in [-0.4, -0.2) is 51.7 Å². The maximum atomic E-state index is 13.0. The average Bonchev–Trinajstić information content (AvgIpc) is 3.28. The number of carbonyl (C=O) groups excluding carboxylic acids is 1. The zero-order valence-corrected chi connectivity index (χ0v) is 18.4. The first-order chi connectivity index (χ1) is 15.0. The third-order valence-electron chi connectivity index (χ3n) is 4.36. The topological polar surface area (TPSA) is 136 Å². The molecule has 0 aliphatic heterocycles. The van der Waals surface area contributed by atoms with E-state index in [0.717, 1.165) is 5.56 Å². The number of thioether (sulfide) groups is 1. The lowest BCUT2D eigenvalue weighted by molar-refractivity contribution is -0.116. The van der Waals surface area contributed by atoms with Crippen molar-refractivity contribution in [2.24, 2.45) is 0 Å². The van der Waals surface area contributed by atoms with Crippen molar-refractivity contribution in [3.63, 3.8) is 0 Å². The molecule has 10 nitrogen and oxygen atoms in total. The average molecular weight is 463 g/mol. The molecule has 31 heavy (non-hydrogen) atoms. The minimum atomic E-state index is -0.710. The molecular formula is C19H22N6O4S2. The molecule has 0 unspecified atom stereocenters. The molecule has 0 spiro atoms. The third-order valence-corrected chi connectivity index (χ3v) is 6.20. The van der Waals surface area contributed by atoms with Gasteiger partial charge in [0.2, 0.25) is 5.91 Å². The van der Waals surface area contributed by atoms with E-state index < -0.39 is 11.2 Å². The van der Waals surface area contributed by atoms with Crippen LogP contribution in [0, 0.1) is 0 Å². The molecule has 12 heteroatoms. The Bertz CT molecular complexity index is 1110. The minimum absolute atomic E-state index is 0.0405. The van der Waals surface area contributed by atoms with Crippen LogP contribution in [-0.2, 0) is 16.1 Å². The standard InChI is InChI=1S/C19H22N6O4S2/c1-29-9-5-8-24(14(26)11-30-19-23-21-12-31-19)15-16(20)25(18(28)22-17(15)27)10-13-6-3-2-4-7-13/h2-4,6-7,12H,5,8-11,20H2,1H3,(H,22,27,28). The lowest BCUT2D eigenvalue weighted by atomic mass is 10.2. The van der Waals surface area contributed by atoms with E-state index >= 15 is 0 Å². The Morgan fingerprint density at radius 2 is 2.10 bits per heavy atom. The van der Waals surface area contributed by atoms with Gasteiger partial charge in [0.05, 0.1) is 12.3 Å². The molecule has 1 aromatic carbocycles. The SMILES string of the molecule is COCCCN(C(=O)CSc1nncs1)c1c(N)n(Cc2ccccc2)c(=O)[nH]c1=O. The second-order valence-electron chi connectivity index (χ2n) is 6.45. The number of aromatic amines is 1. The fraction of sp³-hybridized carbons (Fsp3) is 0.316. The van der Waals surface area contributed by atoms with Crippen molar-refractivity contribution in [3.8, 4) is 0 Å². The fourth-order valence-electron chi connectivity index (χ4n) is 2.92. The van der Waals surface area contributed by atoms with Gasteiger partial charge >= 0.3 is 5.69 Å². The van der Waals surface area contributed by atoms with Gasteiger partial charge in [-0.15, -0.1) is 10.2 Å². The quantitative estimate of drug-likeness (QED) is 0.339. The van der Waals surface area contributed by atoms with Crippen molar-refractivity contribution in [1.29, 1.82) is 0 Å². The van der Waals surface area contributed by atoms with Gasteiger partial charge in [-0.2, -0.15) is 0 Å². The van der Waals surface area contributed by atoms with E-state index in [0.29, 0.717) is 17.4 Å². The lowest BCUT2D eigenvalue weighted by Gasteiger charge is -2.24. The highest BCUT2D eigenvalue weighted by Crippen LogP contribution is 2.23. The minimum Gasteiger partial charge on any atom is -0.385 e. The number of benzene rings is 1. The van der Waals surface area contributed by atoms with Gasteiger partial charge in [0.25, 0.3) is 5.56 Å². The van der Waals surface area contributed by atoms with E-state index in [1.54, 1.807) is 12.6 Å². The lowest BCUT2D eigenvalue weighted by Crippen LogP contribution is -2.42. The van der Waals surface area contributed by atoms with Gasteiger partial charge in [0.1, 0.15) is 11.3 Å². The Balaban J connectivity index is 1.94. The Hall–Kier alpha value is -2.96. The van der Waals surface area contributed by atoms with Crippen molar-refractivity contribution in [1.82, 2.24) is 19.7 Å². The number of aromatic nitrogens is 4. The molecule has 164 valence electrons. The zero-order valence-electron chi connectivity index (χ0n) is 16.8. The predicted octanol–water partition coefficient (Wildman–Crippen LogP) is 1.18. The second-order valence-corrected chi connectivity index (χ2v) is 8.51. The summed E-state index contributed by atoms with van der Waals surface area (Å²) in [5.41, 5.74) is 7.27. The smallest absolute Gasteiger partial charge is 0.330 e. The Morgan fingerprint density at radius 3 is 2.77 bits per heavy atom. The van der Waals surface area contributed by atoms with Crippen LogP contribution in [0.15, 0.2) is 49.8 Å². The van der Waals surface area contributed by atoms with Gasteiger partial charge in [-0.1, -0.05) is 53.4 Å². The molecule has 3 rings (SSSR count). The van der Waals surface area contributed by atoms with E-state index in [9.17, 15) is 14.4 Å². The Morgan fingerprint density at radius 1 is 1.32 bits per heavy atom. The van der Waals surface area contributed by atoms with Crippen LogP contribution in [0.4, 0.5) is 11.5 Å². The number of ether oxygens (including phenoxy) is 1. The van der Waals surface area contributed by atoms with Gasteiger partial charge in [-0.05, 0) is 12.0 Å². The number of nitrogens with one attached hydrogen (secondary N) is 1. The zero-order chi connectivity index (χ0) is 22.2. The first-order valence-corrected chi connectivity index (χ1v) is 11.2. The summed E-state index contributed by atoms with van der Waals surface area (Å²) in [6, 6.07) is 9.23. The summed E-state index contributed by atoms with van der Waals surface area (Å²) >= 11 is 2.54. The van der Waals surface area contributed by atoms with Crippen molar-refractivity contribution >= 4 is 40.5 Å². The largest absolute Gasteiger partial charge is 0.385 e. The number of nitrogen functional groups attached to an aromatic ring is 1. The number of nitrogens with two attached hydrogens (primary N) is 1. The number of H-pyrrole nitrogens is 1. The van der Waals surface area contributed by atoms with Crippen LogP contribution in [0.2, 0.25) is 0 Å². The Labute approximate surface area is 186 Å². The summed E-state index contributed by atoms with van der Waals surface area (Å²) in [5.74, 6) is -0.360. The van der Waals surface area contributed by atoms with E-state index in [1.165, 1.54) is 32.6 Å². The molecule has 3 N–H and O–H groups in total. The number of nitrogens with zero attached hydrogens (tertiary/aromatic N) is 4. The van der Waals surface area contributed by atoms with Crippen LogP contribution in [0.25, 0.3) is 0 Å². The summed E-state index contributed by atoms with van der Waals surface area (Å²) in [6.07, 6.45) is 0.488. The Kier molecular flexibility index (Phi) is 7.98. The van der Waals surface area contributed by atoms with Gasteiger partial charge in [-0.3, -0.25) is 19.1 Å². The maximum absolute atomic E-state index is 13.0. The highest BCUT2D eigenvalue weighted by molar-refractivity contribution is 8.01. The molecule has 1 amide bonds. The monoisotopic (exact) mass is 462 g/mol. The second kappa shape index (κ2) is 10.9. The molecule has 0 radical (unpaired) electrons. The molecule has 0 bridgehead atoms. The normalized spacial score (nSPS) is 10.9. The van der Waals surface area contributed by atoms with Gasteiger partial charge < -0.3 is 15.4 Å². The van der Waals surface area contributed by atoms with E-state index in [4.69, 9.17) is 10.5 Å². The first-order valence-electron chi connectivity index (χ1n) is 9.36. The summed E-state index contributed by atoms with van der Waals surface area (Å²) in [5, 5.41) is 7.65. The van der Waals surface area contributed by atoms with Gasteiger partial charge in [0.15, 0.2) is 10.0 Å². The summed E-state index contributed by atoms with van der Waals surface area (Å²) < 4.78 is 6.97. The summed E-state index contributed by atoms with van der Waals surface area (Å²) in [6.45, 7) is 0.768. The molecule has 0 fully saturated rings. The number of methoxy groups -OCH3 is 1. The molecule has 2 heterocycles. The molecule has 0 atom stereocenters. The number of amides is 1. The number of carbonyl (C=O) groups is 1. The van der Waals surface area contributed by atoms with Gasteiger partial charge in [-0.25, -0.2) is 4.79 Å². The maximum Gasteiger partial charge on any atom is 0.330 e. The predicted molar refractivity (Wildman–Crippen MR) is 121 cm³/mol. The van der Waals surface area contributed by atoms with Crippen LogP contribution < -0.4 is 21.9 Å². The highest BCUT2D eigenvalue weighted by atomic mass is 32.2. The first kappa shape index (κ1) is 22.7. The highest BCUT2D eigenvalue weighted by Gasteiger charge is 2.24. The molecule has 3 aromatic rings. The molecule has 2 aromatic heterocycles. The number of anilines is 2. The van der Waals surface area contributed by atoms with Crippen molar-refractivity contribution < 1.29 is 9.53 Å². The molecule has 0 saturated carbocycles. The van der Waals surface area contributed by atoms with Crippen molar-refractivity contribution in [2.75, 3.05) is 36.6 Å². The van der Waals surface area contributed by atoms with Gasteiger partial charge in [0, 0.05) is 20.3 Å². The summed E-state index contributed by atoms with van der Waals surface area (Å²) in [7, 11) is 1.55. The third kappa shape index (κ3) is 5.81. The molecular weight excluding hydrogens is 440 g/mol.